The molecular weight excluding hydrogens is 334 g/mol. The number of rotatable bonds is 5. The van der Waals surface area contributed by atoms with Crippen LogP contribution in [0, 0.1) is 17.8 Å². The molecule has 1 aliphatic heterocycles. The van der Waals surface area contributed by atoms with Gasteiger partial charge in [-0.3, -0.25) is 4.79 Å². The maximum Gasteiger partial charge on any atom is 0.242 e. The fraction of sp³-hybridized carbons (Fsp3) is 0.696. The smallest absolute Gasteiger partial charge is 0.242 e. The Morgan fingerprint density at radius 3 is 2.11 bits per heavy atom. The van der Waals surface area contributed by atoms with Crippen molar-refractivity contribution < 1.29 is 4.79 Å². The second-order valence-corrected chi connectivity index (χ2v) is 9.79. The van der Waals surface area contributed by atoms with Gasteiger partial charge in [-0.05, 0) is 100 Å². The van der Waals surface area contributed by atoms with Crippen molar-refractivity contribution in [1.82, 2.24) is 5.32 Å². The van der Waals surface area contributed by atoms with E-state index in [-0.39, 0.29) is 17.5 Å². The number of amides is 1. The van der Waals surface area contributed by atoms with Crippen molar-refractivity contribution in [2.45, 2.75) is 69.9 Å². The molecule has 1 saturated heterocycles. The zero-order valence-corrected chi connectivity index (χ0v) is 16.5. The Labute approximate surface area is 163 Å². The van der Waals surface area contributed by atoms with E-state index in [1.54, 1.807) is 0 Å². The number of nitrogens with zero attached hydrogens (tertiary/aromatic N) is 1. The summed E-state index contributed by atoms with van der Waals surface area (Å²) < 4.78 is 0. The molecule has 6 rings (SSSR count). The van der Waals surface area contributed by atoms with Crippen molar-refractivity contribution in [2.75, 3.05) is 23.3 Å². The molecule has 5 fully saturated rings. The minimum atomic E-state index is -0.198. The number of hydrogen-bond acceptors (Lipinski definition) is 3. The summed E-state index contributed by atoms with van der Waals surface area (Å²) in [5, 5.41) is 6.90. The topological polar surface area (TPSA) is 44.4 Å². The number of carbonyl (C=O) groups is 1. The molecule has 146 valence electrons. The van der Waals surface area contributed by atoms with Crippen LogP contribution < -0.4 is 15.5 Å². The van der Waals surface area contributed by atoms with E-state index in [4.69, 9.17) is 0 Å². The summed E-state index contributed by atoms with van der Waals surface area (Å²) in [4.78, 5) is 15.4. The number of nitrogens with one attached hydrogen (secondary N) is 2. The van der Waals surface area contributed by atoms with Gasteiger partial charge in [-0.25, -0.2) is 0 Å². The van der Waals surface area contributed by atoms with Gasteiger partial charge in [-0.2, -0.15) is 0 Å². The van der Waals surface area contributed by atoms with Gasteiger partial charge in [0.25, 0.3) is 0 Å². The van der Waals surface area contributed by atoms with Gasteiger partial charge in [0, 0.05) is 30.0 Å². The highest BCUT2D eigenvalue weighted by molar-refractivity contribution is 5.85. The highest BCUT2D eigenvalue weighted by Crippen LogP contribution is 2.55. The molecule has 4 saturated carbocycles. The van der Waals surface area contributed by atoms with Crippen molar-refractivity contribution in [3.05, 3.63) is 24.3 Å². The summed E-state index contributed by atoms with van der Waals surface area (Å²) in [5.74, 6) is 2.74. The minimum absolute atomic E-state index is 0.0986. The molecular formula is C23H33N3O. The fourth-order valence-corrected chi connectivity index (χ4v) is 6.69. The van der Waals surface area contributed by atoms with Gasteiger partial charge in [-0.15, -0.1) is 0 Å². The van der Waals surface area contributed by atoms with Crippen LogP contribution in [0.4, 0.5) is 11.4 Å². The van der Waals surface area contributed by atoms with Crippen molar-refractivity contribution >= 4 is 17.3 Å². The highest BCUT2D eigenvalue weighted by Gasteiger charge is 2.51. The molecule has 0 radical (unpaired) electrons. The summed E-state index contributed by atoms with van der Waals surface area (Å²) in [6.45, 7) is 4.32. The summed E-state index contributed by atoms with van der Waals surface area (Å²) in [6.07, 6.45) is 10.4. The Balaban J connectivity index is 1.20. The molecule has 4 nitrogen and oxygen atoms in total. The van der Waals surface area contributed by atoms with Gasteiger partial charge in [0.1, 0.15) is 6.04 Å². The Morgan fingerprint density at radius 2 is 1.56 bits per heavy atom. The fourth-order valence-electron chi connectivity index (χ4n) is 6.69. The predicted molar refractivity (Wildman–Crippen MR) is 110 cm³/mol. The zero-order valence-electron chi connectivity index (χ0n) is 16.5. The number of anilines is 2. The zero-order chi connectivity index (χ0) is 18.4. The molecule has 1 atom stereocenters. The van der Waals surface area contributed by atoms with E-state index in [1.807, 2.05) is 6.92 Å². The average Bonchev–Trinajstić information content (AvgIpc) is 3.15. The third-order valence-corrected chi connectivity index (χ3v) is 7.54. The third-order valence-electron chi connectivity index (χ3n) is 7.54. The molecule has 4 bridgehead atoms. The molecule has 1 amide bonds. The Hall–Kier alpha value is -1.71. The summed E-state index contributed by atoms with van der Waals surface area (Å²) in [7, 11) is 0. The molecule has 2 N–H and O–H groups in total. The van der Waals surface area contributed by atoms with E-state index in [0.717, 1.165) is 36.5 Å². The monoisotopic (exact) mass is 367 g/mol. The first kappa shape index (κ1) is 17.4. The molecule has 4 aliphatic carbocycles. The SMILES string of the molecule is C[C@@H](Nc1ccc(N2CCCC2)cc1)C(=O)NC12CC3CC(CC(C3)C1)C2. The van der Waals surface area contributed by atoms with Crippen LogP contribution in [0.25, 0.3) is 0 Å². The third kappa shape index (κ3) is 3.43. The van der Waals surface area contributed by atoms with Gasteiger partial charge >= 0.3 is 0 Å². The van der Waals surface area contributed by atoms with Crippen LogP contribution in [0.3, 0.4) is 0 Å². The molecule has 0 aromatic heterocycles. The molecule has 5 aliphatic rings. The van der Waals surface area contributed by atoms with Crippen molar-refractivity contribution in [3.63, 3.8) is 0 Å². The maximum absolute atomic E-state index is 12.9. The van der Waals surface area contributed by atoms with Gasteiger partial charge in [0.15, 0.2) is 0 Å². The maximum atomic E-state index is 12.9. The molecule has 27 heavy (non-hydrogen) atoms. The first-order chi connectivity index (χ1) is 13.1. The predicted octanol–water partition coefficient (Wildman–Crippen LogP) is 4.17. The van der Waals surface area contributed by atoms with Crippen LogP contribution >= 0.6 is 0 Å². The standard InChI is InChI=1S/C23H33N3O/c1-16(24-20-4-6-21(7-5-20)26-8-2-3-9-26)22(27)25-23-13-17-10-18(14-23)12-19(11-17)15-23/h4-7,16-19,24H,2-3,8-15H2,1H3,(H,25,27)/t16-,17?,18?,19?,23?/m1/s1. The van der Waals surface area contributed by atoms with E-state index >= 15 is 0 Å². The van der Waals surface area contributed by atoms with Crippen LogP contribution in [0.5, 0.6) is 0 Å². The lowest BCUT2D eigenvalue weighted by atomic mass is 9.53. The van der Waals surface area contributed by atoms with Gasteiger partial charge in [0.2, 0.25) is 5.91 Å². The van der Waals surface area contributed by atoms with Gasteiger partial charge in [-0.1, -0.05) is 0 Å². The van der Waals surface area contributed by atoms with Crippen molar-refractivity contribution in [3.8, 4) is 0 Å². The van der Waals surface area contributed by atoms with Crippen molar-refractivity contribution in [1.29, 1.82) is 0 Å². The molecule has 1 heterocycles. The van der Waals surface area contributed by atoms with E-state index < -0.39 is 0 Å². The van der Waals surface area contributed by atoms with Crippen LogP contribution in [0.15, 0.2) is 24.3 Å². The second kappa shape index (κ2) is 6.72. The molecule has 1 aromatic carbocycles. The Morgan fingerprint density at radius 1 is 1.00 bits per heavy atom. The van der Waals surface area contributed by atoms with Crippen LogP contribution in [0.1, 0.15) is 58.3 Å². The average molecular weight is 368 g/mol. The minimum Gasteiger partial charge on any atom is -0.374 e. The summed E-state index contributed by atoms with van der Waals surface area (Å²) >= 11 is 0. The Kier molecular flexibility index (Phi) is 4.33. The van der Waals surface area contributed by atoms with E-state index in [2.05, 4.69) is 39.8 Å². The first-order valence-corrected chi connectivity index (χ1v) is 11.0. The summed E-state index contributed by atoms with van der Waals surface area (Å²) in [6, 6.07) is 8.38. The summed E-state index contributed by atoms with van der Waals surface area (Å²) in [5.41, 5.74) is 2.43. The molecule has 0 unspecified atom stereocenters. The lowest BCUT2D eigenvalue weighted by Gasteiger charge is -2.57. The number of benzene rings is 1. The molecule has 1 aromatic rings. The van der Waals surface area contributed by atoms with Crippen molar-refractivity contribution in [2.24, 2.45) is 17.8 Å². The van der Waals surface area contributed by atoms with Gasteiger partial charge in [0.05, 0.1) is 0 Å². The normalized spacial score (nSPS) is 35.3. The lowest BCUT2D eigenvalue weighted by molar-refractivity contribution is -0.127. The molecule has 0 spiro atoms. The van der Waals surface area contributed by atoms with E-state index in [9.17, 15) is 4.79 Å². The van der Waals surface area contributed by atoms with E-state index in [0.29, 0.717) is 0 Å². The quantitative estimate of drug-likeness (QED) is 0.821. The number of carbonyl (C=O) groups excluding carboxylic acids is 1. The largest absolute Gasteiger partial charge is 0.374 e. The Bertz CT molecular complexity index is 657. The number of hydrogen-bond donors (Lipinski definition) is 2. The second-order valence-electron chi connectivity index (χ2n) is 9.79. The lowest BCUT2D eigenvalue weighted by Crippen LogP contribution is -2.61. The highest BCUT2D eigenvalue weighted by atomic mass is 16.2. The van der Waals surface area contributed by atoms with Crippen LogP contribution in [-0.2, 0) is 4.79 Å². The van der Waals surface area contributed by atoms with Crippen LogP contribution in [-0.4, -0.2) is 30.6 Å². The van der Waals surface area contributed by atoms with E-state index in [1.165, 1.54) is 57.1 Å². The first-order valence-electron chi connectivity index (χ1n) is 11.0. The van der Waals surface area contributed by atoms with Crippen LogP contribution in [0.2, 0.25) is 0 Å². The molecule has 4 heteroatoms. The van der Waals surface area contributed by atoms with Gasteiger partial charge < -0.3 is 15.5 Å².